The first kappa shape index (κ1) is 14.8. The van der Waals surface area contributed by atoms with Gasteiger partial charge in [0, 0.05) is 19.0 Å². The number of guanidine groups is 1. The van der Waals surface area contributed by atoms with E-state index in [-0.39, 0.29) is 11.6 Å². The molecule has 1 spiro atoms. The highest BCUT2D eigenvalue weighted by Crippen LogP contribution is 2.46. The summed E-state index contributed by atoms with van der Waals surface area (Å²) in [5.74, 6) is 4.32. The number of ether oxygens (including phenoxy) is 1. The lowest BCUT2D eigenvalue weighted by atomic mass is 9.86. The maximum absolute atomic E-state index is 6.37. The van der Waals surface area contributed by atoms with Gasteiger partial charge in [0.1, 0.15) is 11.4 Å². The molecular weight excluding hydrogens is 274 g/mol. The summed E-state index contributed by atoms with van der Waals surface area (Å²) in [7, 11) is 1.77. The van der Waals surface area contributed by atoms with E-state index in [1.54, 1.807) is 7.05 Å². The summed E-state index contributed by atoms with van der Waals surface area (Å²) in [6.45, 7) is 0.468. The third kappa shape index (κ3) is 2.89. The van der Waals surface area contributed by atoms with Crippen LogP contribution in [0.1, 0.15) is 43.7 Å². The van der Waals surface area contributed by atoms with Crippen LogP contribution < -0.4 is 15.4 Å². The quantitative estimate of drug-likeness (QED) is 0.501. The van der Waals surface area contributed by atoms with Crippen molar-refractivity contribution in [1.82, 2.24) is 10.6 Å². The molecule has 4 nitrogen and oxygen atoms in total. The van der Waals surface area contributed by atoms with Gasteiger partial charge in [-0.3, -0.25) is 4.99 Å². The predicted molar refractivity (Wildman–Crippen MR) is 89.0 cm³/mol. The van der Waals surface area contributed by atoms with Gasteiger partial charge >= 0.3 is 0 Å². The van der Waals surface area contributed by atoms with E-state index in [4.69, 9.17) is 11.2 Å². The molecule has 1 atom stereocenters. The smallest absolute Gasteiger partial charge is 0.192 e. The summed E-state index contributed by atoms with van der Waals surface area (Å²) < 4.78 is 6.37. The number of nitrogens with zero attached hydrogens (tertiary/aromatic N) is 1. The monoisotopic (exact) mass is 297 g/mol. The number of aliphatic imine (C=N–C) groups is 1. The van der Waals surface area contributed by atoms with E-state index in [1.165, 1.54) is 18.4 Å². The van der Waals surface area contributed by atoms with E-state index in [2.05, 4.69) is 39.7 Å². The second kappa shape index (κ2) is 6.31. The zero-order chi connectivity index (χ0) is 15.4. The fourth-order valence-corrected chi connectivity index (χ4v) is 3.57. The molecule has 0 aromatic heterocycles. The van der Waals surface area contributed by atoms with Crippen molar-refractivity contribution < 1.29 is 4.74 Å². The van der Waals surface area contributed by atoms with Gasteiger partial charge in [-0.2, -0.15) is 0 Å². The lowest BCUT2D eigenvalue weighted by Gasteiger charge is -2.40. The number of hydrogen-bond donors (Lipinski definition) is 2. The van der Waals surface area contributed by atoms with E-state index < -0.39 is 0 Å². The third-order valence-electron chi connectivity index (χ3n) is 4.60. The van der Waals surface area contributed by atoms with Crippen LogP contribution in [-0.2, 0) is 0 Å². The average molecular weight is 297 g/mol. The fraction of sp³-hybridized carbons (Fsp3) is 0.500. The first-order valence-corrected chi connectivity index (χ1v) is 7.95. The lowest BCUT2D eigenvalue weighted by Crippen LogP contribution is -2.46. The molecule has 4 heteroatoms. The molecule has 0 amide bonds. The van der Waals surface area contributed by atoms with Crippen molar-refractivity contribution in [1.29, 1.82) is 0 Å². The van der Waals surface area contributed by atoms with Crippen LogP contribution in [0.4, 0.5) is 0 Å². The standard InChI is InChI=1S/C18H23N3O/c1-3-12-20-17(19-2)21-15-13-18(10-6-7-11-18)22-16-9-5-4-8-14(15)16/h1,4-5,8-9,15H,6-7,10-13H2,2H3,(H2,19,20,21). The Labute approximate surface area is 132 Å². The topological polar surface area (TPSA) is 45.7 Å². The number of fused-ring (bicyclic) bond motifs is 1. The zero-order valence-electron chi connectivity index (χ0n) is 13.1. The van der Waals surface area contributed by atoms with E-state index in [1.807, 2.05) is 6.07 Å². The maximum atomic E-state index is 6.37. The van der Waals surface area contributed by atoms with Crippen LogP contribution in [0.5, 0.6) is 5.75 Å². The van der Waals surface area contributed by atoms with Crippen molar-refractivity contribution in [2.24, 2.45) is 4.99 Å². The molecule has 1 aromatic rings. The summed E-state index contributed by atoms with van der Waals surface area (Å²) in [5.41, 5.74) is 1.18. The van der Waals surface area contributed by atoms with Crippen molar-refractivity contribution in [3.63, 3.8) is 0 Å². The highest BCUT2D eigenvalue weighted by atomic mass is 16.5. The summed E-state index contributed by atoms with van der Waals surface area (Å²) in [5, 5.41) is 6.65. The predicted octanol–water partition coefficient (Wildman–Crippen LogP) is 2.62. The van der Waals surface area contributed by atoms with Crippen molar-refractivity contribution in [3.8, 4) is 18.1 Å². The Bertz CT molecular complexity index is 597. The molecule has 0 bridgehead atoms. The third-order valence-corrected chi connectivity index (χ3v) is 4.60. The summed E-state index contributed by atoms with van der Waals surface area (Å²) in [4.78, 5) is 4.27. The second-order valence-electron chi connectivity index (χ2n) is 6.06. The number of hydrogen-bond acceptors (Lipinski definition) is 2. The minimum Gasteiger partial charge on any atom is -0.487 e. The van der Waals surface area contributed by atoms with Gasteiger partial charge in [-0.05, 0) is 31.7 Å². The van der Waals surface area contributed by atoms with Crippen molar-refractivity contribution in [3.05, 3.63) is 29.8 Å². The van der Waals surface area contributed by atoms with Gasteiger partial charge in [0.2, 0.25) is 0 Å². The molecular formula is C18H23N3O. The Kier molecular flexibility index (Phi) is 4.24. The number of para-hydroxylation sites is 1. The Morgan fingerprint density at radius 2 is 2.18 bits per heavy atom. The number of nitrogens with one attached hydrogen (secondary N) is 2. The fourth-order valence-electron chi connectivity index (χ4n) is 3.57. The molecule has 1 aliphatic carbocycles. The molecule has 1 heterocycles. The van der Waals surface area contributed by atoms with Crippen molar-refractivity contribution >= 4 is 5.96 Å². The molecule has 0 radical (unpaired) electrons. The zero-order valence-corrected chi connectivity index (χ0v) is 13.1. The molecule has 116 valence electrons. The molecule has 0 saturated heterocycles. The number of benzene rings is 1. The van der Waals surface area contributed by atoms with E-state index in [0.29, 0.717) is 6.54 Å². The number of rotatable bonds is 2. The Morgan fingerprint density at radius 1 is 1.41 bits per heavy atom. The number of terminal acetylenes is 1. The maximum Gasteiger partial charge on any atom is 0.192 e. The van der Waals surface area contributed by atoms with Gasteiger partial charge in [-0.25, -0.2) is 0 Å². The first-order valence-electron chi connectivity index (χ1n) is 7.95. The minimum atomic E-state index is -0.0169. The van der Waals surface area contributed by atoms with Crippen LogP contribution in [0.25, 0.3) is 0 Å². The molecule has 1 aromatic carbocycles. The van der Waals surface area contributed by atoms with Crippen molar-refractivity contribution in [2.75, 3.05) is 13.6 Å². The highest BCUT2D eigenvalue weighted by molar-refractivity contribution is 5.80. The van der Waals surface area contributed by atoms with Crippen LogP contribution in [0.3, 0.4) is 0 Å². The van der Waals surface area contributed by atoms with E-state index in [0.717, 1.165) is 31.0 Å². The van der Waals surface area contributed by atoms with Gasteiger partial charge < -0.3 is 15.4 Å². The Hall–Kier alpha value is -2.15. The van der Waals surface area contributed by atoms with E-state index >= 15 is 0 Å². The van der Waals surface area contributed by atoms with Gasteiger partial charge in [-0.1, -0.05) is 24.1 Å². The minimum absolute atomic E-state index is 0.0169. The molecule has 1 fully saturated rings. The van der Waals surface area contributed by atoms with Crippen LogP contribution in [0.15, 0.2) is 29.3 Å². The molecule has 3 rings (SSSR count). The van der Waals surface area contributed by atoms with E-state index in [9.17, 15) is 0 Å². The van der Waals surface area contributed by atoms with Crippen LogP contribution in [0.2, 0.25) is 0 Å². The van der Waals surface area contributed by atoms with Crippen molar-refractivity contribution in [2.45, 2.75) is 43.7 Å². The average Bonchev–Trinajstić information content (AvgIpc) is 2.98. The van der Waals surface area contributed by atoms with Gasteiger partial charge in [0.25, 0.3) is 0 Å². The summed E-state index contributed by atoms with van der Waals surface area (Å²) >= 11 is 0. The molecule has 1 unspecified atom stereocenters. The summed E-state index contributed by atoms with van der Waals surface area (Å²) in [6, 6.07) is 8.49. The lowest BCUT2D eigenvalue weighted by molar-refractivity contribution is 0.0396. The molecule has 1 saturated carbocycles. The second-order valence-corrected chi connectivity index (χ2v) is 6.06. The first-order chi connectivity index (χ1) is 10.8. The largest absolute Gasteiger partial charge is 0.487 e. The Balaban J connectivity index is 1.84. The molecule has 2 aliphatic rings. The van der Waals surface area contributed by atoms with Crippen LogP contribution >= 0.6 is 0 Å². The Morgan fingerprint density at radius 3 is 2.91 bits per heavy atom. The SMILES string of the molecule is C#CCNC(=NC)NC1CC2(CCCC2)Oc2ccccc21. The van der Waals surface area contributed by atoms with Crippen LogP contribution in [-0.4, -0.2) is 25.2 Å². The molecule has 2 N–H and O–H groups in total. The van der Waals surface area contributed by atoms with Gasteiger partial charge in [-0.15, -0.1) is 6.42 Å². The van der Waals surface area contributed by atoms with Crippen LogP contribution in [0, 0.1) is 12.3 Å². The summed E-state index contributed by atoms with van der Waals surface area (Å²) in [6.07, 6.45) is 11.1. The highest BCUT2D eigenvalue weighted by Gasteiger charge is 2.43. The normalized spacial score (nSPS) is 22.5. The molecule has 22 heavy (non-hydrogen) atoms. The van der Waals surface area contributed by atoms with Gasteiger partial charge in [0.15, 0.2) is 5.96 Å². The molecule has 1 aliphatic heterocycles. The van der Waals surface area contributed by atoms with Gasteiger partial charge in [0.05, 0.1) is 12.6 Å².